The van der Waals surface area contributed by atoms with Gasteiger partial charge in [0.05, 0.1) is 0 Å². The number of aryl methyl sites for hydroxylation is 1. The largest absolute Gasteiger partial charge is 0.383 e. The quantitative estimate of drug-likeness (QED) is 0.781. The summed E-state index contributed by atoms with van der Waals surface area (Å²) in [7, 11) is 0. The summed E-state index contributed by atoms with van der Waals surface area (Å²) in [6.07, 6.45) is 3.41. The van der Waals surface area contributed by atoms with Crippen LogP contribution in [0.2, 0.25) is 0 Å². The number of nitriles is 1. The fourth-order valence-corrected chi connectivity index (χ4v) is 2.60. The topological polar surface area (TPSA) is 75.6 Å². The SMILES string of the molecule is Cc1nc(N)c(C#N)c(-c2ccncc2)c1-c1ccccc1. The Morgan fingerprint density at radius 1 is 0.955 bits per heavy atom. The van der Waals surface area contributed by atoms with E-state index in [0.717, 1.165) is 27.9 Å². The predicted octanol–water partition coefficient (Wildman–Crippen LogP) is 3.57. The molecule has 0 aliphatic heterocycles. The summed E-state index contributed by atoms with van der Waals surface area (Å²) in [5.74, 6) is 0.256. The van der Waals surface area contributed by atoms with E-state index < -0.39 is 0 Å². The van der Waals surface area contributed by atoms with E-state index in [1.165, 1.54) is 0 Å². The van der Waals surface area contributed by atoms with E-state index in [9.17, 15) is 5.26 Å². The summed E-state index contributed by atoms with van der Waals surface area (Å²) in [5, 5.41) is 9.54. The summed E-state index contributed by atoms with van der Waals surface area (Å²) >= 11 is 0. The average Bonchev–Trinajstić information content (AvgIpc) is 2.56. The van der Waals surface area contributed by atoms with Crippen molar-refractivity contribution in [2.75, 3.05) is 5.73 Å². The molecule has 0 unspecified atom stereocenters. The number of hydrogen-bond donors (Lipinski definition) is 1. The molecule has 0 aliphatic carbocycles. The van der Waals surface area contributed by atoms with Crippen LogP contribution < -0.4 is 5.73 Å². The van der Waals surface area contributed by atoms with Gasteiger partial charge >= 0.3 is 0 Å². The first-order chi connectivity index (χ1) is 10.7. The maximum atomic E-state index is 9.54. The van der Waals surface area contributed by atoms with Crippen LogP contribution in [0.25, 0.3) is 22.3 Å². The Morgan fingerprint density at radius 2 is 1.59 bits per heavy atom. The van der Waals surface area contributed by atoms with Crippen LogP contribution in [0.3, 0.4) is 0 Å². The second-order valence-electron chi connectivity index (χ2n) is 4.92. The van der Waals surface area contributed by atoms with Crippen LogP contribution in [0.4, 0.5) is 5.82 Å². The summed E-state index contributed by atoms with van der Waals surface area (Å²) in [5.41, 5.74) is 10.8. The van der Waals surface area contributed by atoms with E-state index in [4.69, 9.17) is 5.73 Å². The average molecular weight is 286 g/mol. The second-order valence-corrected chi connectivity index (χ2v) is 4.92. The minimum atomic E-state index is 0.256. The van der Waals surface area contributed by atoms with Crippen molar-refractivity contribution >= 4 is 5.82 Å². The zero-order valence-electron chi connectivity index (χ0n) is 12.1. The fourth-order valence-electron chi connectivity index (χ4n) is 2.60. The fraction of sp³-hybridized carbons (Fsp3) is 0.0556. The Kier molecular flexibility index (Phi) is 3.55. The molecule has 106 valence electrons. The minimum Gasteiger partial charge on any atom is -0.383 e. The zero-order chi connectivity index (χ0) is 15.5. The van der Waals surface area contributed by atoms with E-state index in [0.29, 0.717) is 5.56 Å². The lowest BCUT2D eigenvalue weighted by Gasteiger charge is -2.16. The van der Waals surface area contributed by atoms with Crippen molar-refractivity contribution in [1.29, 1.82) is 5.26 Å². The highest BCUT2D eigenvalue weighted by atomic mass is 14.8. The normalized spacial score (nSPS) is 10.2. The predicted molar refractivity (Wildman–Crippen MR) is 86.8 cm³/mol. The van der Waals surface area contributed by atoms with Crippen molar-refractivity contribution < 1.29 is 0 Å². The second kappa shape index (κ2) is 5.66. The van der Waals surface area contributed by atoms with Crippen molar-refractivity contribution in [3.05, 3.63) is 66.1 Å². The Balaban J connectivity index is 2.42. The number of anilines is 1. The molecule has 4 heteroatoms. The first kappa shape index (κ1) is 13.8. The number of nitrogen functional groups attached to an aromatic ring is 1. The van der Waals surface area contributed by atoms with Crippen LogP contribution in [0, 0.1) is 18.3 Å². The third kappa shape index (κ3) is 2.29. The first-order valence-corrected chi connectivity index (χ1v) is 6.88. The molecule has 0 spiro atoms. The molecule has 0 fully saturated rings. The molecular formula is C18H14N4. The van der Waals surface area contributed by atoms with E-state index in [-0.39, 0.29) is 5.82 Å². The van der Waals surface area contributed by atoms with Crippen LogP contribution in [0.15, 0.2) is 54.9 Å². The van der Waals surface area contributed by atoms with Crippen LogP contribution in [-0.4, -0.2) is 9.97 Å². The van der Waals surface area contributed by atoms with E-state index >= 15 is 0 Å². The summed E-state index contributed by atoms with van der Waals surface area (Å²) in [6.45, 7) is 1.91. The van der Waals surface area contributed by atoms with Crippen molar-refractivity contribution in [2.45, 2.75) is 6.92 Å². The molecule has 3 rings (SSSR count). The molecule has 0 saturated heterocycles. The van der Waals surface area contributed by atoms with E-state index in [1.54, 1.807) is 12.4 Å². The van der Waals surface area contributed by atoms with Gasteiger partial charge in [-0.3, -0.25) is 4.98 Å². The minimum absolute atomic E-state index is 0.256. The van der Waals surface area contributed by atoms with Crippen LogP contribution >= 0.6 is 0 Å². The molecule has 1 aromatic carbocycles. The molecule has 3 aromatic rings. The monoisotopic (exact) mass is 286 g/mol. The summed E-state index contributed by atoms with van der Waals surface area (Å²) in [4.78, 5) is 8.39. The molecule has 0 aliphatic rings. The van der Waals surface area contributed by atoms with Gasteiger partial charge in [0.2, 0.25) is 0 Å². The third-order valence-electron chi connectivity index (χ3n) is 3.55. The standard InChI is InChI=1S/C18H14N4/c1-12-16(13-5-3-2-4-6-13)17(14-7-9-21-10-8-14)15(11-19)18(20)22-12/h2-10H,1H3,(H2,20,22). The van der Waals surface area contributed by atoms with Gasteiger partial charge in [0.25, 0.3) is 0 Å². The molecule has 0 saturated carbocycles. The molecule has 0 atom stereocenters. The van der Waals surface area contributed by atoms with Crippen LogP contribution in [-0.2, 0) is 0 Å². The molecule has 22 heavy (non-hydrogen) atoms. The highest BCUT2D eigenvalue weighted by Gasteiger charge is 2.19. The van der Waals surface area contributed by atoms with Crippen LogP contribution in [0.1, 0.15) is 11.3 Å². The van der Waals surface area contributed by atoms with E-state index in [1.807, 2.05) is 49.4 Å². The molecule has 4 nitrogen and oxygen atoms in total. The molecule has 2 heterocycles. The lowest BCUT2D eigenvalue weighted by atomic mass is 9.90. The van der Waals surface area contributed by atoms with Gasteiger partial charge < -0.3 is 5.73 Å². The maximum Gasteiger partial charge on any atom is 0.142 e. The lowest BCUT2D eigenvalue weighted by molar-refractivity contribution is 1.20. The maximum absolute atomic E-state index is 9.54. The number of pyridine rings is 2. The van der Waals surface area contributed by atoms with Crippen LogP contribution in [0.5, 0.6) is 0 Å². The van der Waals surface area contributed by atoms with Gasteiger partial charge in [-0.25, -0.2) is 4.98 Å². The Hall–Kier alpha value is -3.19. The van der Waals surface area contributed by atoms with Gasteiger partial charge in [-0.05, 0) is 30.2 Å². The zero-order valence-corrected chi connectivity index (χ0v) is 12.1. The highest BCUT2D eigenvalue weighted by Crippen LogP contribution is 2.38. The van der Waals surface area contributed by atoms with Gasteiger partial charge in [0, 0.05) is 29.2 Å². The number of rotatable bonds is 2. The van der Waals surface area contributed by atoms with Gasteiger partial charge in [0.15, 0.2) is 0 Å². The number of nitrogens with zero attached hydrogens (tertiary/aromatic N) is 3. The lowest BCUT2D eigenvalue weighted by Crippen LogP contribution is -2.03. The Bertz CT molecular complexity index is 850. The number of benzene rings is 1. The number of aromatic nitrogens is 2. The molecule has 2 N–H and O–H groups in total. The Morgan fingerprint density at radius 3 is 2.23 bits per heavy atom. The van der Waals surface area contributed by atoms with Crippen molar-refractivity contribution in [3.8, 4) is 28.3 Å². The number of hydrogen-bond acceptors (Lipinski definition) is 4. The number of nitrogens with two attached hydrogens (primary N) is 1. The summed E-state index contributed by atoms with van der Waals surface area (Å²) in [6, 6.07) is 15.8. The van der Waals surface area contributed by atoms with Gasteiger partial charge in [-0.1, -0.05) is 30.3 Å². The van der Waals surface area contributed by atoms with E-state index in [2.05, 4.69) is 16.0 Å². The first-order valence-electron chi connectivity index (χ1n) is 6.88. The third-order valence-corrected chi connectivity index (χ3v) is 3.55. The van der Waals surface area contributed by atoms with Crippen molar-refractivity contribution in [1.82, 2.24) is 9.97 Å². The molecular weight excluding hydrogens is 272 g/mol. The van der Waals surface area contributed by atoms with Crippen molar-refractivity contribution in [2.24, 2.45) is 0 Å². The smallest absolute Gasteiger partial charge is 0.142 e. The van der Waals surface area contributed by atoms with Gasteiger partial charge in [-0.15, -0.1) is 0 Å². The molecule has 2 aromatic heterocycles. The summed E-state index contributed by atoms with van der Waals surface area (Å²) < 4.78 is 0. The van der Waals surface area contributed by atoms with Gasteiger partial charge in [-0.2, -0.15) is 5.26 Å². The molecule has 0 bridgehead atoms. The molecule has 0 amide bonds. The highest BCUT2D eigenvalue weighted by molar-refractivity contribution is 5.90. The van der Waals surface area contributed by atoms with Gasteiger partial charge in [0.1, 0.15) is 17.5 Å². The molecule has 0 radical (unpaired) electrons. The van der Waals surface area contributed by atoms with Crippen molar-refractivity contribution in [3.63, 3.8) is 0 Å². The Labute approximate surface area is 128 Å².